The quantitative estimate of drug-likeness (QED) is 0.709. The lowest BCUT2D eigenvalue weighted by Crippen LogP contribution is -2.36. The molecule has 1 rings (SSSR count). The first kappa shape index (κ1) is 14.2. The largest absolute Gasteiger partial charge is 0.384 e. The fraction of sp³-hybridized carbons (Fsp3) is 0.571. The molecule has 96 valence electrons. The van der Waals surface area contributed by atoms with Crippen LogP contribution in [0.1, 0.15) is 25.0 Å². The average molecular weight is 237 g/mol. The fourth-order valence-electron chi connectivity index (χ4n) is 1.73. The molecule has 0 saturated heterocycles. The normalized spacial score (nSPS) is 14.6. The number of aryl methyl sites for hydroxylation is 1. The van der Waals surface area contributed by atoms with E-state index in [1.165, 1.54) is 5.56 Å². The molecule has 0 saturated carbocycles. The van der Waals surface area contributed by atoms with Gasteiger partial charge >= 0.3 is 0 Å². The van der Waals surface area contributed by atoms with Crippen LogP contribution in [0.15, 0.2) is 24.3 Å². The standard InChI is InChI=1S/C14H23NO2/c1-4-12-6-5-7-13(10-12)14(2,16)11-15-8-9-17-3/h5-7,10,15-16H,4,8-9,11H2,1-3H3. The van der Waals surface area contributed by atoms with Gasteiger partial charge in [-0.3, -0.25) is 0 Å². The first-order chi connectivity index (χ1) is 8.10. The van der Waals surface area contributed by atoms with Crippen molar-refractivity contribution in [3.63, 3.8) is 0 Å². The minimum Gasteiger partial charge on any atom is -0.384 e. The zero-order valence-corrected chi connectivity index (χ0v) is 11.0. The second-order valence-corrected chi connectivity index (χ2v) is 4.50. The van der Waals surface area contributed by atoms with Gasteiger partial charge in [-0.05, 0) is 24.5 Å². The number of methoxy groups -OCH3 is 1. The van der Waals surface area contributed by atoms with E-state index in [0.717, 1.165) is 18.5 Å². The van der Waals surface area contributed by atoms with Crippen LogP contribution in [-0.4, -0.2) is 31.9 Å². The topological polar surface area (TPSA) is 41.5 Å². The molecule has 0 radical (unpaired) electrons. The van der Waals surface area contributed by atoms with Gasteiger partial charge in [0.1, 0.15) is 0 Å². The highest BCUT2D eigenvalue weighted by atomic mass is 16.5. The van der Waals surface area contributed by atoms with Gasteiger partial charge in [0.25, 0.3) is 0 Å². The van der Waals surface area contributed by atoms with E-state index in [-0.39, 0.29) is 0 Å². The summed E-state index contributed by atoms with van der Waals surface area (Å²) < 4.78 is 4.95. The van der Waals surface area contributed by atoms with E-state index in [0.29, 0.717) is 13.2 Å². The van der Waals surface area contributed by atoms with Gasteiger partial charge in [0.15, 0.2) is 0 Å². The smallest absolute Gasteiger partial charge is 0.0992 e. The summed E-state index contributed by atoms with van der Waals surface area (Å²) in [5, 5.41) is 13.6. The number of ether oxygens (including phenoxy) is 1. The van der Waals surface area contributed by atoms with E-state index in [1.807, 2.05) is 19.1 Å². The second-order valence-electron chi connectivity index (χ2n) is 4.50. The number of rotatable bonds is 7. The van der Waals surface area contributed by atoms with Crippen molar-refractivity contribution in [3.05, 3.63) is 35.4 Å². The van der Waals surface area contributed by atoms with E-state index in [9.17, 15) is 5.11 Å². The molecule has 3 nitrogen and oxygen atoms in total. The van der Waals surface area contributed by atoms with E-state index >= 15 is 0 Å². The van der Waals surface area contributed by atoms with Crippen LogP contribution in [-0.2, 0) is 16.8 Å². The molecule has 0 aliphatic heterocycles. The molecule has 17 heavy (non-hydrogen) atoms. The Balaban J connectivity index is 2.61. The lowest BCUT2D eigenvalue weighted by molar-refractivity contribution is 0.0549. The summed E-state index contributed by atoms with van der Waals surface area (Å²) in [6.45, 7) is 5.89. The Bertz CT molecular complexity index is 337. The first-order valence-electron chi connectivity index (χ1n) is 6.11. The third kappa shape index (κ3) is 4.46. The van der Waals surface area contributed by atoms with Crippen molar-refractivity contribution >= 4 is 0 Å². The molecule has 0 fully saturated rings. The maximum Gasteiger partial charge on any atom is 0.0992 e. The Morgan fingerprint density at radius 2 is 2.18 bits per heavy atom. The summed E-state index contributed by atoms with van der Waals surface area (Å²) in [6.07, 6.45) is 0.987. The fourth-order valence-corrected chi connectivity index (χ4v) is 1.73. The Morgan fingerprint density at radius 3 is 2.82 bits per heavy atom. The monoisotopic (exact) mass is 237 g/mol. The highest BCUT2D eigenvalue weighted by molar-refractivity contribution is 5.28. The van der Waals surface area contributed by atoms with Crippen molar-refractivity contribution in [1.29, 1.82) is 0 Å². The molecule has 2 N–H and O–H groups in total. The average Bonchev–Trinajstić information content (AvgIpc) is 2.35. The van der Waals surface area contributed by atoms with Crippen LogP contribution in [0.3, 0.4) is 0 Å². The molecule has 0 aromatic heterocycles. The molecule has 0 aliphatic rings. The van der Waals surface area contributed by atoms with Crippen LogP contribution in [0.25, 0.3) is 0 Å². The van der Waals surface area contributed by atoms with Crippen molar-refractivity contribution in [1.82, 2.24) is 5.32 Å². The van der Waals surface area contributed by atoms with Crippen molar-refractivity contribution < 1.29 is 9.84 Å². The lowest BCUT2D eigenvalue weighted by Gasteiger charge is -2.25. The van der Waals surface area contributed by atoms with Crippen LogP contribution >= 0.6 is 0 Å². The molecule has 3 heteroatoms. The highest BCUT2D eigenvalue weighted by Gasteiger charge is 2.22. The summed E-state index contributed by atoms with van der Waals surface area (Å²) in [5.41, 5.74) is 1.38. The minimum atomic E-state index is -0.834. The summed E-state index contributed by atoms with van der Waals surface area (Å²) in [6, 6.07) is 8.12. The zero-order valence-electron chi connectivity index (χ0n) is 11.0. The van der Waals surface area contributed by atoms with Crippen molar-refractivity contribution in [2.45, 2.75) is 25.9 Å². The first-order valence-corrected chi connectivity index (χ1v) is 6.11. The van der Waals surface area contributed by atoms with Crippen molar-refractivity contribution in [2.75, 3.05) is 26.8 Å². The molecule has 1 unspecified atom stereocenters. The molecule has 0 amide bonds. The van der Waals surface area contributed by atoms with Gasteiger partial charge < -0.3 is 15.2 Å². The summed E-state index contributed by atoms with van der Waals surface area (Å²) in [4.78, 5) is 0. The van der Waals surface area contributed by atoms with Crippen LogP contribution in [0.4, 0.5) is 0 Å². The molecule has 1 atom stereocenters. The van der Waals surface area contributed by atoms with Gasteiger partial charge in [0.05, 0.1) is 12.2 Å². The van der Waals surface area contributed by atoms with Gasteiger partial charge in [-0.15, -0.1) is 0 Å². The Hall–Kier alpha value is -0.900. The van der Waals surface area contributed by atoms with E-state index in [4.69, 9.17) is 4.74 Å². The summed E-state index contributed by atoms with van der Waals surface area (Å²) in [5.74, 6) is 0. The van der Waals surface area contributed by atoms with Crippen molar-refractivity contribution in [2.24, 2.45) is 0 Å². The highest BCUT2D eigenvalue weighted by Crippen LogP contribution is 2.20. The number of hydrogen-bond acceptors (Lipinski definition) is 3. The number of hydrogen-bond donors (Lipinski definition) is 2. The van der Waals surface area contributed by atoms with Crippen LogP contribution < -0.4 is 5.32 Å². The zero-order chi connectivity index (χ0) is 12.7. The van der Waals surface area contributed by atoms with E-state index in [2.05, 4.69) is 24.4 Å². The van der Waals surface area contributed by atoms with Gasteiger partial charge in [-0.25, -0.2) is 0 Å². The van der Waals surface area contributed by atoms with Gasteiger partial charge in [-0.2, -0.15) is 0 Å². The molecular formula is C14H23NO2. The minimum absolute atomic E-state index is 0.531. The van der Waals surface area contributed by atoms with Gasteiger partial charge in [0, 0.05) is 20.2 Å². The Kier molecular flexibility index (Phi) is 5.62. The number of aliphatic hydroxyl groups is 1. The third-order valence-electron chi connectivity index (χ3n) is 2.91. The molecule has 0 aliphatic carbocycles. The SMILES string of the molecule is CCc1cccc(C(C)(O)CNCCOC)c1. The van der Waals surface area contributed by atoms with E-state index < -0.39 is 5.60 Å². The maximum absolute atomic E-state index is 10.4. The summed E-state index contributed by atoms with van der Waals surface area (Å²) >= 11 is 0. The van der Waals surface area contributed by atoms with Gasteiger partial charge in [0.2, 0.25) is 0 Å². The Morgan fingerprint density at radius 1 is 1.41 bits per heavy atom. The van der Waals surface area contributed by atoms with Gasteiger partial charge in [-0.1, -0.05) is 31.2 Å². The third-order valence-corrected chi connectivity index (χ3v) is 2.91. The van der Waals surface area contributed by atoms with Crippen LogP contribution in [0, 0.1) is 0 Å². The summed E-state index contributed by atoms with van der Waals surface area (Å²) in [7, 11) is 1.67. The predicted molar refractivity (Wildman–Crippen MR) is 70.1 cm³/mol. The number of nitrogens with one attached hydrogen (secondary N) is 1. The van der Waals surface area contributed by atoms with Crippen molar-refractivity contribution in [3.8, 4) is 0 Å². The molecule has 1 aromatic rings. The maximum atomic E-state index is 10.4. The molecule has 0 heterocycles. The molecule has 0 spiro atoms. The lowest BCUT2D eigenvalue weighted by atomic mass is 9.94. The molecule has 0 bridgehead atoms. The second kappa shape index (κ2) is 6.74. The molecular weight excluding hydrogens is 214 g/mol. The van der Waals surface area contributed by atoms with Crippen LogP contribution in [0.2, 0.25) is 0 Å². The number of benzene rings is 1. The predicted octanol–water partition coefficient (Wildman–Crippen LogP) is 1.69. The molecule has 1 aromatic carbocycles. The van der Waals surface area contributed by atoms with E-state index in [1.54, 1.807) is 7.11 Å². The van der Waals surface area contributed by atoms with Crippen LogP contribution in [0.5, 0.6) is 0 Å². The Labute approximate surface area is 104 Å².